The monoisotopic (exact) mass is 210 g/mol. The van der Waals surface area contributed by atoms with Gasteiger partial charge in [0, 0.05) is 0 Å². The van der Waals surface area contributed by atoms with Crippen LogP contribution in [0.2, 0.25) is 0 Å². The summed E-state index contributed by atoms with van der Waals surface area (Å²) in [5, 5.41) is 0. The summed E-state index contributed by atoms with van der Waals surface area (Å²) in [5.74, 6) is 2.64. The third-order valence-corrected chi connectivity index (χ3v) is 3.47. The molecule has 78 valence electrons. The van der Waals surface area contributed by atoms with E-state index >= 15 is 0 Å². The number of allylic oxidation sites excluding steroid dienone is 8. The Morgan fingerprint density at radius 2 is 1.19 bits per heavy atom. The molecule has 2 atom stereocenters. The van der Waals surface area contributed by atoms with Crippen LogP contribution in [0.3, 0.4) is 0 Å². The zero-order valence-electron chi connectivity index (χ0n) is 8.59. The fourth-order valence-corrected chi connectivity index (χ4v) is 2.74. The molecule has 0 amide bonds. The van der Waals surface area contributed by atoms with Crippen LogP contribution in [0.1, 0.15) is 0 Å². The molecule has 0 bridgehead atoms. The fraction of sp³-hybridized carbons (Fsp3) is 0.143. The Morgan fingerprint density at radius 3 is 1.69 bits per heavy atom. The molecule has 0 N–H and O–H groups in total. The highest BCUT2D eigenvalue weighted by molar-refractivity contribution is 5.50. The highest BCUT2D eigenvalue weighted by Gasteiger charge is 2.40. The second kappa shape index (κ2) is 2.79. The topological polar surface area (TPSA) is 18.5 Å². The first-order chi connectivity index (χ1) is 7.93. The van der Waals surface area contributed by atoms with Gasteiger partial charge in [-0.15, -0.1) is 0 Å². The van der Waals surface area contributed by atoms with E-state index in [0.717, 1.165) is 11.5 Å². The van der Waals surface area contributed by atoms with Crippen molar-refractivity contribution in [3.8, 4) is 0 Å². The molecule has 0 spiro atoms. The minimum Gasteiger partial charge on any atom is -0.469 e. The molecule has 0 aromatic heterocycles. The average molecular weight is 210 g/mol. The highest BCUT2D eigenvalue weighted by Crippen LogP contribution is 2.47. The van der Waals surface area contributed by atoms with Gasteiger partial charge in [-0.3, -0.25) is 0 Å². The van der Waals surface area contributed by atoms with E-state index < -0.39 is 0 Å². The molecule has 0 saturated carbocycles. The molecule has 0 radical (unpaired) electrons. The summed E-state index contributed by atoms with van der Waals surface area (Å²) in [6.07, 6.45) is 15.9. The molecule has 0 fully saturated rings. The third-order valence-electron chi connectivity index (χ3n) is 3.47. The normalized spacial score (nSPS) is 32.5. The van der Waals surface area contributed by atoms with Crippen LogP contribution in [-0.2, 0) is 9.47 Å². The molecule has 16 heavy (non-hydrogen) atoms. The van der Waals surface area contributed by atoms with Gasteiger partial charge in [0.1, 0.15) is 11.5 Å². The molecule has 0 aromatic rings. The second-order valence-electron chi connectivity index (χ2n) is 4.27. The van der Waals surface area contributed by atoms with Crippen molar-refractivity contribution < 1.29 is 9.47 Å². The quantitative estimate of drug-likeness (QED) is 0.612. The van der Waals surface area contributed by atoms with Gasteiger partial charge in [-0.1, -0.05) is 12.2 Å². The average Bonchev–Trinajstić information content (AvgIpc) is 2.36. The van der Waals surface area contributed by atoms with Gasteiger partial charge in [-0.05, 0) is 35.5 Å². The predicted molar refractivity (Wildman–Crippen MR) is 59.8 cm³/mol. The predicted octanol–water partition coefficient (Wildman–Crippen LogP) is 2.95. The Balaban J connectivity index is 1.98. The van der Waals surface area contributed by atoms with E-state index in [4.69, 9.17) is 9.47 Å². The smallest absolute Gasteiger partial charge is 0.112 e. The largest absolute Gasteiger partial charge is 0.469 e. The van der Waals surface area contributed by atoms with Gasteiger partial charge in [-0.2, -0.15) is 0 Å². The fourth-order valence-electron chi connectivity index (χ4n) is 2.74. The van der Waals surface area contributed by atoms with Crippen molar-refractivity contribution >= 4 is 0 Å². The van der Waals surface area contributed by atoms with Crippen molar-refractivity contribution in [3.63, 3.8) is 0 Å². The van der Waals surface area contributed by atoms with Gasteiger partial charge in [0.05, 0.1) is 24.4 Å². The van der Waals surface area contributed by atoms with Crippen LogP contribution < -0.4 is 0 Å². The van der Waals surface area contributed by atoms with Gasteiger partial charge in [-0.25, -0.2) is 0 Å². The zero-order valence-corrected chi connectivity index (χ0v) is 8.59. The number of hydrogen-bond acceptors (Lipinski definition) is 2. The second-order valence-corrected chi connectivity index (χ2v) is 4.27. The molecule has 4 aliphatic rings. The lowest BCUT2D eigenvalue weighted by molar-refractivity contribution is 0.216. The van der Waals surface area contributed by atoms with E-state index in [1.807, 2.05) is 12.2 Å². The summed E-state index contributed by atoms with van der Waals surface area (Å²) >= 11 is 0. The zero-order chi connectivity index (χ0) is 10.5. The lowest BCUT2D eigenvalue weighted by atomic mass is 9.72. The lowest BCUT2D eigenvalue weighted by Gasteiger charge is -2.38. The number of hydrogen-bond donors (Lipinski definition) is 0. The summed E-state index contributed by atoms with van der Waals surface area (Å²) in [7, 11) is 0. The molecule has 2 heterocycles. The third kappa shape index (κ3) is 0.915. The van der Waals surface area contributed by atoms with Crippen LogP contribution in [0.4, 0.5) is 0 Å². The van der Waals surface area contributed by atoms with Crippen LogP contribution in [0.15, 0.2) is 71.6 Å². The Hall–Kier alpha value is -1.96. The molecular weight excluding hydrogens is 200 g/mol. The number of rotatable bonds is 0. The van der Waals surface area contributed by atoms with Crippen molar-refractivity contribution in [1.82, 2.24) is 0 Å². The lowest BCUT2D eigenvalue weighted by Crippen LogP contribution is -2.30. The maximum Gasteiger partial charge on any atom is 0.112 e. The Bertz CT molecular complexity index is 491. The Kier molecular flexibility index (Phi) is 1.43. The molecule has 2 aliphatic carbocycles. The van der Waals surface area contributed by atoms with Crippen LogP contribution in [0, 0.1) is 11.8 Å². The number of ether oxygens (including phenoxy) is 2. The maximum absolute atomic E-state index is 5.57. The van der Waals surface area contributed by atoms with Crippen LogP contribution in [0.5, 0.6) is 0 Å². The van der Waals surface area contributed by atoms with E-state index in [9.17, 15) is 0 Å². The van der Waals surface area contributed by atoms with Gasteiger partial charge in [0.2, 0.25) is 0 Å². The molecule has 2 unspecified atom stereocenters. The molecule has 2 nitrogen and oxygen atoms in total. The van der Waals surface area contributed by atoms with Gasteiger partial charge in [0.15, 0.2) is 0 Å². The summed E-state index contributed by atoms with van der Waals surface area (Å²) in [5.41, 5.74) is 2.60. The summed E-state index contributed by atoms with van der Waals surface area (Å²) in [6.45, 7) is 0. The van der Waals surface area contributed by atoms with Crippen molar-refractivity contribution in [2.75, 3.05) is 0 Å². The molecular formula is C14H10O2. The standard InChI is InChI=1S/C14H10O2/c1-3-11-14-10(6-8-15-11)2-4-12-13(14)9(1)5-7-16-12/h1-8,13-14H. The first kappa shape index (κ1) is 8.22. The molecule has 2 heteroatoms. The van der Waals surface area contributed by atoms with E-state index in [-0.39, 0.29) is 0 Å². The minimum atomic E-state index is 0.301. The van der Waals surface area contributed by atoms with E-state index in [1.165, 1.54) is 11.1 Å². The summed E-state index contributed by atoms with van der Waals surface area (Å²) < 4.78 is 11.1. The van der Waals surface area contributed by atoms with Crippen molar-refractivity contribution in [3.05, 3.63) is 71.6 Å². The van der Waals surface area contributed by atoms with Gasteiger partial charge >= 0.3 is 0 Å². The van der Waals surface area contributed by atoms with Crippen molar-refractivity contribution in [2.45, 2.75) is 0 Å². The van der Waals surface area contributed by atoms with Crippen LogP contribution in [0.25, 0.3) is 0 Å². The molecule has 0 saturated heterocycles. The summed E-state index contributed by atoms with van der Waals surface area (Å²) in [4.78, 5) is 0. The molecule has 4 rings (SSSR count). The van der Waals surface area contributed by atoms with Gasteiger partial charge < -0.3 is 9.47 Å². The summed E-state index contributed by atoms with van der Waals surface area (Å²) in [6, 6.07) is 0. The first-order valence-corrected chi connectivity index (χ1v) is 5.43. The van der Waals surface area contributed by atoms with Crippen molar-refractivity contribution in [2.24, 2.45) is 11.8 Å². The SMILES string of the molecule is C1=CC2=CC=C3OC=CC4=CC=C(O1)C2C43. The minimum absolute atomic E-state index is 0.301. The van der Waals surface area contributed by atoms with E-state index in [2.05, 4.69) is 24.3 Å². The maximum atomic E-state index is 5.57. The molecule has 0 aromatic carbocycles. The Morgan fingerprint density at radius 1 is 0.688 bits per heavy atom. The van der Waals surface area contributed by atoms with E-state index in [1.54, 1.807) is 12.5 Å². The van der Waals surface area contributed by atoms with Gasteiger partial charge in [0.25, 0.3) is 0 Å². The van der Waals surface area contributed by atoms with Crippen LogP contribution >= 0.6 is 0 Å². The van der Waals surface area contributed by atoms with Crippen molar-refractivity contribution in [1.29, 1.82) is 0 Å². The van der Waals surface area contributed by atoms with Crippen LogP contribution in [-0.4, -0.2) is 0 Å². The molecule has 2 aliphatic heterocycles. The first-order valence-electron chi connectivity index (χ1n) is 5.43. The van der Waals surface area contributed by atoms with E-state index in [0.29, 0.717) is 11.8 Å². The Labute approximate surface area is 93.5 Å². The highest BCUT2D eigenvalue weighted by atomic mass is 16.5.